The molecule has 8 atom stereocenters. The Morgan fingerprint density at radius 1 is 0.720 bits per heavy atom. The van der Waals surface area contributed by atoms with Crippen LogP contribution in [0.3, 0.4) is 0 Å². The van der Waals surface area contributed by atoms with Crippen molar-refractivity contribution in [2.75, 3.05) is 13.1 Å². The fourth-order valence-electron chi connectivity index (χ4n) is 5.21. The van der Waals surface area contributed by atoms with Gasteiger partial charge in [0.15, 0.2) is 0 Å². The van der Waals surface area contributed by atoms with Gasteiger partial charge in [-0.25, -0.2) is 4.79 Å². The van der Waals surface area contributed by atoms with E-state index in [-0.39, 0.29) is 31.2 Å². The molecule has 284 valence electrons. The summed E-state index contributed by atoms with van der Waals surface area (Å²) in [6, 6.07) is -7.62. The van der Waals surface area contributed by atoms with Gasteiger partial charge in [0, 0.05) is 6.54 Å². The summed E-state index contributed by atoms with van der Waals surface area (Å²) in [5, 5.41) is 34.2. The molecule has 0 unspecified atom stereocenters. The first-order valence-corrected chi connectivity index (χ1v) is 16.9. The molecule has 1 fully saturated rings. The quantitative estimate of drug-likeness (QED) is 0.0673. The van der Waals surface area contributed by atoms with Gasteiger partial charge in [0.1, 0.15) is 36.3 Å². The van der Waals surface area contributed by atoms with Gasteiger partial charge in [0.25, 0.3) is 0 Å². The van der Waals surface area contributed by atoms with Gasteiger partial charge in [-0.2, -0.15) is 0 Å². The molecular weight excluding hydrogens is 656 g/mol. The summed E-state index contributed by atoms with van der Waals surface area (Å²) < 4.78 is 0. The molecule has 0 saturated carbocycles. The third-order valence-corrected chi connectivity index (χ3v) is 7.90. The van der Waals surface area contributed by atoms with Gasteiger partial charge in [-0.15, -0.1) is 0 Å². The van der Waals surface area contributed by atoms with Crippen molar-refractivity contribution in [2.45, 2.75) is 129 Å². The van der Waals surface area contributed by atoms with Crippen LogP contribution >= 0.6 is 0 Å². The van der Waals surface area contributed by atoms with E-state index in [0.29, 0.717) is 12.8 Å². The van der Waals surface area contributed by atoms with Crippen LogP contribution in [0, 0.1) is 11.8 Å². The monoisotopic (exact) mass is 712 g/mol. The third-order valence-electron chi connectivity index (χ3n) is 7.90. The molecular formula is C32H56N8O10. The Bertz CT molecular complexity index is 1240. The van der Waals surface area contributed by atoms with Crippen LogP contribution in [0.2, 0.25) is 0 Å². The molecule has 0 aromatic carbocycles. The molecule has 1 saturated heterocycles. The van der Waals surface area contributed by atoms with Crippen molar-refractivity contribution in [2.24, 2.45) is 17.6 Å². The van der Waals surface area contributed by atoms with Gasteiger partial charge in [-0.1, -0.05) is 27.7 Å². The minimum Gasteiger partial charge on any atom is -0.480 e. The van der Waals surface area contributed by atoms with E-state index in [1.165, 1.54) is 32.6 Å². The smallest absolute Gasteiger partial charge is 0.326 e. The Morgan fingerprint density at radius 2 is 1.26 bits per heavy atom. The second-order valence-electron chi connectivity index (χ2n) is 13.7. The van der Waals surface area contributed by atoms with E-state index in [0.717, 1.165) is 0 Å². The maximum atomic E-state index is 13.3. The predicted octanol–water partition coefficient (Wildman–Crippen LogP) is -2.54. The molecule has 0 radical (unpaired) electrons. The Labute approximate surface area is 292 Å². The van der Waals surface area contributed by atoms with Crippen molar-refractivity contribution in [3.05, 3.63) is 0 Å². The topological polar surface area (TPSA) is 278 Å². The molecule has 1 rings (SSSR count). The lowest BCUT2D eigenvalue weighted by molar-refractivity contribution is -0.143. The predicted molar refractivity (Wildman–Crippen MR) is 181 cm³/mol. The summed E-state index contributed by atoms with van der Waals surface area (Å²) in [5.74, 6) is -6.04. The second kappa shape index (κ2) is 20.4. The average molecular weight is 713 g/mol. The SMILES string of the molecule is CC(C)C[C@H](NC(=O)[C@@H](NC(=O)CNC(=O)[C@@H]1CCCN1C(=O)[C@H](C)NC(=O)[C@H](C)NC(=O)[C@H](CC(C)C)NC(=O)[C@H](C)N)[C@@H](C)O)C(=O)O. The van der Waals surface area contributed by atoms with Gasteiger partial charge in [-0.3, -0.25) is 33.6 Å². The fourth-order valence-corrected chi connectivity index (χ4v) is 5.21. The first-order chi connectivity index (χ1) is 23.2. The summed E-state index contributed by atoms with van der Waals surface area (Å²) in [6.45, 7) is 12.5. The lowest BCUT2D eigenvalue weighted by atomic mass is 10.0. The molecule has 1 aliphatic rings. The first kappa shape index (κ1) is 43.7. The number of aliphatic hydroxyl groups excluding tert-OH is 1. The Morgan fingerprint density at radius 3 is 1.78 bits per heavy atom. The highest BCUT2D eigenvalue weighted by atomic mass is 16.4. The van der Waals surface area contributed by atoms with Crippen LogP contribution in [-0.2, 0) is 38.4 Å². The average Bonchev–Trinajstić information content (AvgIpc) is 3.50. The summed E-state index contributed by atoms with van der Waals surface area (Å²) in [5.41, 5.74) is 5.60. The van der Waals surface area contributed by atoms with Gasteiger partial charge in [0.05, 0.1) is 18.7 Å². The van der Waals surface area contributed by atoms with Crippen LogP contribution < -0.4 is 37.6 Å². The number of aliphatic carboxylic acids is 1. The zero-order valence-corrected chi connectivity index (χ0v) is 30.2. The Hall–Kier alpha value is -4.32. The van der Waals surface area contributed by atoms with Crippen molar-refractivity contribution in [3.8, 4) is 0 Å². The van der Waals surface area contributed by atoms with Gasteiger partial charge >= 0.3 is 5.97 Å². The number of carbonyl (C=O) groups excluding carboxylic acids is 7. The maximum absolute atomic E-state index is 13.3. The number of nitrogens with one attached hydrogen (secondary N) is 6. The van der Waals surface area contributed by atoms with Gasteiger partial charge < -0.3 is 52.7 Å². The largest absolute Gasteiger partial charge is 0.480 e. The van der Waals surface area contributed by atoms with Gasteiger partial charge in [-0.05, 0) is 65.2 Å². The van der Waals surface area contributed by atoms with Gasteiger partial charge in [0.2, 0.25) is 41.4 Å². The van der Waals surface area contributed by atoms with E-state index in [9.17, 15) is 48.6 Å². The van der Waals surface area contributed by atoms with Crippen LogP contribution in [0.1, 0.15) is 81.1 Å². The number of likely N-dealkylation sites (tertiary alicyclic amines) is 1. The normalized spacial score (nSPS) is 18.5. The number of carbonyl (C=O) groups is 8. The highest BCUT2D eigenvalue weighted by Gasteiger charge is 2.37. The lowest BCUT2D eigenvalue weighted by Gasteiger charge is -2.28. The molecule has 7 amide bonds. The molecule has 18 heteroatoms. The number of nitrogens with two attached hydrogens (primary N) is 1. The highest BCUT2D eigenvalue weighted by molar-refractivity contribution is 5.97. The van der Waals surface area contributed by atoms with E-state index >= 15 is 0 Å². The Kier molecular flexibility index (Phi) is 17.8. The zero-order chi connectivity index (χ0) is 38.5. The number of nitrogens with zero attached hydrogens (tertiary/aromatic N) is 1. The number of carboxylic acids is 1. The molecule has 18 nitrogen and oxygen atoms in total. The standard InChI is InChI=1S/C32H56N8O10/c1-15(2)12-21(37-26(43)17(5)33)28(45)35-18(6)27(44)36-19(7)31(48)40-11-9-10-23(40)29(46)34-14-24(42)39-25(20(8)41)30(47)38-22(32(49)50)13-16(3)4/h15-23,25,41H,9-14,33H2,1-8H3,(H,34,46)(H,35,45)(H,36,44)(H,37,43)(H,38,47)(H,39,42)(H,49,50)/t17-,18-,19-,20+,21-,22-,23-,25-/m0/s1. The van der Waals surface area contributed by atoms with E-state index in [2.05, 4.69) is 31.9 Å². The molecule has 50 heavy (non-hydrogen) atoms. The van der Waals surface area contributed by atoms with Crippen LogP contribution in [-0.4, -0.2) is 124 Å². The van der Waals surface area contributed by atoms with Crippen LogP contribution in [0.25, 0.3) is 0 Å². The van der Waals surface area contributed by atoms with E-state index in [4.69, 9.17) is 5.73 Å². The van der Waals surface area contributed by atoms with E-state index < -0.39 is 102 Å². The molecule has 1 heterocycles. The molecule has 0 aromatic rings. The number of carboxylic acid groups (broad SMARTS) is 1. The molecule has 0 aromatic heterocycles. The number of rotatable bonds is 19. The van der Waals surface area contributed by atoms with Crippen molar-refractivity contribution in [1.82, 2.24) is 36.8 Å². The highest BCUT2D eigenvalue weighted by Crippen LogP contribution is 2.18. The lowest BCUT2D eigenvalue weighted by Crippen LogP contribution is -2.58. The van der Waals surface area contributed by atoms with Crippen LogP contribution in [0.15, 0.2) is 0 Å². The maximum Gasteiger partial charge on any atom is 0.326 e. The number of hydrogen-bond donors (Lipinski definition) is 9. The molecule has 10 N–H and O–H groups in total. The van der Waals surface area contributed by atoms with Crippen LogP contribution in [0.4, 0.5) is 0 Å². The summed E-state index contributed by atoms with van der Waals surface area (Å²) >= 11 is 0. The number of hydrogen-bond acceptors (Lipinski definition) is 10. The second-order valence-corrected chi connectivity index (χ2v) is 13.7. The third kappa shape index (κ3) is 14.3. The molecule has 0 bridgehead atoms. The fraction of sp³-hybridized carbons (Fsp3) is 0.750. The molecule has 0 spiro atoms. The summed E-state index contributed by atoms with van der Waals surface area (Å²) in [4.78, 5) is 102. The van der Waals surface area contributed by atoms with E-state index in [1.807, 2.05) is 13.8 Å². The molecule has 0 aliphatic carbocycles. The van der Waals surface area contributed by atoms with Crippen LogP contribution in [0.5, 0.6) is 0 Å². The zero-order valence-electron chi connectivity index (χ0n) is 30.2. The Balaban J connectivity index is 2.78. The first-order valence-electron chi connectivity index (χ1n) is 16.9. The van der Waals surface area contributed by atoms with E-state index in [1.54, 1.807) is 13.8 Å². The minimum absolute atomic E-state index is 0.0431. The van der Waals surface area contributed by atoms with Crippen molar-refractivity contribution >= 4 is 47.3 Å². The minimum atomic E-state index is -1.50. The van der Waals surface area contributed by atoms with Crippen molar-refractivity contribution in [3.63, 3.8) is 0 Å². The molecule has 1 aliphatic heterocycles. The number of aliphatic hydroxyl groups is 1. The van der Waals surface area contributed by atoms with Crippen molar-refractivity contribution in [1.29, 1.82) is 0 Å². The van der Waals surface area contributed by atoms with Crippen molar-refractivity contribution < 1.29 is 48.6 Å². The summed E-state index contributed by atoms with van der Waals surface area (Å²) in [7, 11) is 0. The number of amides is 7. The summed E-state index contributed by atoms with van der Waals surface area (Å²) in [6.07, 6.45) is -0.210.